The Kier molecular flexibility index (Phi) is 5.99. The minimum absolute atomic E-state index is 0.524. The number of hydrogen-bond donors (Lipinski definition) is 0. The van der Waals surface area contributed by atoms with Gasteiger partial charge in [-0.15, -0.1) is 0 Å². The van der Waals surface area contributed by atoms with Crippen molar-refractivity contribution in [2.75, 3.05) is 0 Å². The van der Waals surface area contributed by atoms with E-state index in [4.69, 9.17) is 0 Å². The second-order valence-corrected chi connectivity index (χ2v) is 10.1. The van der Waals surface area contributed by atoms with Crippen molar-refractivity contribution in [3.8, 4) is 22.3 Å². The molecule has 0 bridgehead atoms. The highest BCUT2D eigenvalue weighted by molar-refractivity contribution is 5.91. The van der Waals surface area contributed by atoms with E-state index in [2.05, 4.69) is 116 Å². The van der Waals surface area contributed by atoms with Gasteiger partial charge in [-0.3, -0.25) is 0 Å². The van der Waals surface area contributed by atoms with Crippen LogP contribution >= 0.6 is 0 Å². The maximum absolute atomic E-state index is 2.39. The molecule has 0 amide bonds. The van der Waals surface area contributed by atoms with Gasteiger partial charge in [0.25, 0.3) is 0 Å². The first-order valence-corrected chi connectivity index (χ1v) is 11.9. The number of rotatable bonds is 4. The van der Waals surface area contributed by atoms with Gasteiger partial charge >= 0.3 is 0 Å². The summed E-state index contributed by atoms with van der Waals surface area (Å²) < 4.78 is 0. The Morgan fingerprint density at radius 2 is 0.875 bits per heavy atom. The summed E-state index contributed by atoms with van der Waals surface area (Å²) in [6, 6.07) is 18.6. The molecule has 0 atom stereocenters. The second kappa shape index (κ2) is 8.58. The fraction of sp³-hybridized carbons (Fsp3) is 0.312. The zero-order valence-electron chi connectivity index (χ0n) is 20.9. The third-order valence-electron chi connectivity index (χ3n) is 6.95. The molecule has 32 heavy (non-hydrogen) atoms. The zero-order valence-corrected chi connectivity index (χ0v) is 20.9. The van der Waals surface area contributed by atoms with Gasteiger partial charge in [-0.2, -0.15) is 0 Å². The number of aryl methyl sites for hydroxylation is 4. The van der Waals surface area contributed by atoms with Crippen LogP contribution in [0.25, 0.3) is 34.4 Å². The van der Waals surface area contributed by atoms with Gasteiger partial charge in [-0.05, 0) is 106 Å². The van der Waals surface area contributed by atoms with Crippen molar-refractivity contribution in [2.45, 2.75) is 67.2 Å². The van der Waals surface area contributed by atoms with Gasteiger partial charge in [0, 0.05) is 0 Å². The molecular weight excluding hydrogens is 384 g/mol. The first-order chi connectivity index (χ1) is 15.2. The van der Waals surface area contributed by atoms with E-state index in [1.54, 1.807) is 0 Å². The monoisotopic (exact) mass is 420 g/mol. The van der Waals surface area contributed by atoms with Crippen molar-refractivity contribution in [3.63, 3.8) is 0 Å². The van der Waals surface area contributed by atoms with Crippen molar-refractivity contribution in [3.05, 3.63) is 93.0 Å². The van der Waals surface area contributed by atoms with E-state index in [9.17, 15) is 0 Å². The fourth-order valence-corrected chi connectivity index (χ4v) is 4.92. The van der Waals surface area contributed by atoms with E-state index in [0.29, 0.717) is 11.8 Å². The summed E-state index contributed by atoms with van der Waals surface area (Å²) in [5, 5.41) is 0. The van der Waals surface area contributed by atoms with Crippen molar-refractivity contribution in [1.82, 2.24) is 0 Å². The molecule has 0 unspecified atom stereocenters. The molecule has 0 radical (unpaired) electrons. The second-order valence-electron chi connectivity index (χ2n) is 10.1. The van der Waals surface area contributed by atoms with E-state index in [1.807, 2.05) is 0 Å². The minimum atomic E-state index is 0.524. The maximum atomic E-state index is 2.39. The van der Waals surface area contributed by atoms with Crippen LogP contribution in [0.2, 0.25) is 0 Å². The highest BCUT2D eigenvalue weighted by Gasteiger charge is 2.17. The quantitative estimate of drug-likeness (QED) is 0.308. The van der Waals surface area contributed by atoms with Crippen LogP contribution in [0.3, 0.4) is 0 Å². The van der Waals surface area contributed by atoms with Gasteiger partial charge in [0.1, 0.15) is 0 Å². The van der Waals surface area contributed by atoms with Crippen LogP contribution < -0.4 is 0 Å². The van der Waals surface area contributed by atoms with Crippen LogP contribution in [0.1, 0.15) is 84.0 Å². The molecule has 0 aromatic rings. The Morgan fingerprint density at radius 3 is 1.22 bits per heavy atom. The van der Waals surface area contributed by atoms with Crippen LogP contribution in [0.4, 0.5) is 0 Å². The summed E-state index contributed by atoms with van der Waals surface area (Å²) in [4.78, 5) is 0. The average Bonchev–Trinajstić information content (AvgIpc) is 3.04. The third-order valence-corrected chi connectivity index (χ3v) is 6.95. The molecule has 0 aromatic carbocycles. The van der Waals surface area contributed by atoms with Crippen LogP contribution in [0.15, 0.2) is 48.5 Å². The molecule has 0 spiro atoms. The van der Waals surface area contributed by atoms with Crippen LogP contribution in [-0.4, -0.2) is 0 Å². The van der Waals surface area contributed by atoms with Crippen LogP contribution in [0.5, 0.6) is 0 Å². The van der Waals surface area contributed by atoms with E-state index in [1.165, 1.54) is 66.8 Å². The summed E-state index contributed by atoms with van der Waals surface area (Å²) in [6.07, 6.45) is 4.64. The van der Waals surface area contributed by atoms with Gasteiger partial charge in [0.05, 0.1) is 0 Å². The lowest BCUT2D eigenvalue weighted by Crippen LogP contribution is -1.84. The predicted molar refractivity (Wildman–Crippen MR) is 142 cm³/mol. The largest absolute Gasteiger partial charge is 0.0587 e. The lowest BCUT2D eigenvalue weighted by molar-refractivity contribution is 0.868. The van der Waals surface area contributed by atoms with E-state index in [-0.39, 0.29) is 0 Å². The molecule has 0 fully saturated rings. The molecule has 4 aliphatic rings. The molecule has 0 aliphatic heterocycles. The Bertz CT molecular complexity index is 1150. The molecule has 4 aliphatic carbocycles. The van der Waals surface area contributed by atoms with Crippen molar-refractivity contribution < 1.29 is 0 Å². The topological polar surface area (TPSA) is 0 Å². The van der Waals surface area contributed by atoms with Gasteiger partial charge < -0.3 is 0 Å². The van der Waals surface area contributed by atoms with Crippen molar-refractivity contribution in [2.24, 2.45) is 0 Å². The smallest absolute Gasteiger partial charge is 0.00793 e. The molecule has 0 nitrogen and oxygen atoms in total. The molecule has 0 heterocycles. The van der Waals surface area contributed by atoms with E-state index < -0.39 is 0 Å². The maximum Gasteiger partial charge on any atom is -0.00793 e. The lowest BCUT2D eigenvalue weighted by Gasteiger charge is -2.05. The standard InChI is InChI=1S/C32H36/c1-19(2)25-11-9-21(5)31-27(15-23(7)29(31)17-25)13-14-28-16-24(8)30-18-26(20(3)4)12-10-22(6)32(28)30/h9-20H,1-8H3/b14-13+. The van der Waals surface area contributed by atoms with Crippen LogP contribution in [-0.2, 0) is 0 Å². The van der Waals surface area contributed by atoms with E-state index in [0.717, 1.165) is 0 Å². The number of hydrogen-bond acceptors (Lipinski definition) is 0. The molecule has 0 saturated heterocycles. The SMILES string of the molecule is Cc1cc(/C=C/c2cc(C)c3cc(C(C)C)ccc(C)c2-3)c2c(C)ccc(C(C)C)cc1-2. The molecule has 0 heteroatoms. The molecule has 0 saturated carbocycles. The Morgan fingerprint density at radius 1 is 0.500 bits per heavy atom. The third kappa shape index (κ3) is 3.99. The summed E-state index contributed by atoms with van der Waals surface area (Å²) in [5.41, 5.74) is 16.3. The lowest BCUT2D eigenvalue weighted by atomic mass is 9.99. The fourth-order valence-electron chi connectivity index (χ4n) is 4.92. The van der Waals surface area contributed by atoms with Gasteiger partial charge in [-0.1, -0.05) is 88.4 Å². The molecule has 0 N–H and O–H groups in total. The van der Waals surface area contributed by atoms with Crippen molar-refractivity contribution in [1.29, 1.82) is 0 Å². The summed E-state index contributed by atoms with van der Waals surface area (Å²) in [7, 11) is 0. The Hall–Kier alpha value is -2.86. The highest BCUT2D eigenvalue weighted by atomic mass is 14.2. The van der Waals surface area contributed by atoms with Gasteiger partial charge in [-0.25, -0.2) is 0 Å². The summed E-state index contributed by atoms with van der Waals surface area (Å²) in [5.74, 6) is 1.05. The van der Waals surface area contributed by atoms with E-state index >= 15 is 0 Å². The Labute approximate surface area is 194 Å². The molecule has 4 rings (SSSR count). The van der Waals surface area contributed by atoms with Crippen LogP contribution in [0, 0.1) is 27.7 Å². The summed E-state index contributed by atoms with van der Waals surface area (Å²) in [6.45, 7) is 18.0. The van der Waals surface area contributed by atoms with Crippen molar-refractivity contribution >= 4 is 12.2 Å². The predicted octanol–water partition coefficient (Wildman–Crippen LogP) is 9.55. The molecule has 0 aromatic heterocycles. The van der Waals surface area contributed by atoms with Gasteiger partial charge in [0.2, 0.25) is 0 Å². The minimum Gasteiger partial charge on any atom is -0.0587 e. The first kappa shape index (κ1) is 22.3. The normalized spacial score (nSPS) is 12.2. The zero-order chi connectivity index (χ0) is 23.2. The average molecular weight is 421 g/mol. The number of fused-ring (bicyclic) bond motifs is 2. The van der Waals surface area contributed by atoms with Gasteiger partial charge in [0.15, 0.2) is 0 Å². The summed E-state index contributed by atoms with van der Waals surface area (Å²) >= 11 is 0. The first-order valence-electron chi connectivity index (χ1n) is 11.9. The molecular formula is C32H36. The highest BCUT2D eigenvalue weighted by Crippen LogP contribution is 2.39. The Balaban J connectivity index is 1.82. The molecule has 164 valence electrons.